The zero-order chi connectivity index (χ0) is 36.9. The Kier molecular flexibility index (Phi) is 5.82. The number of hydrogen-bond donors (Lipinski definition) is 0. The minimum atomic E-state index is -0.156. The zero-order valence-corrected chi connectivity index (χ0v) is 31.4. The van der Waals surface area contributed by atoms with Crippen LogP contribution >= 0.6 is 11.3 Å². The van der Waals surface area contributed by atoms with Crippen molar-refractivity contribution in [1.82, 2.24) is 14.5 Å². The van der Waals surface area contributed by atoms with Gasteiger partial charge in [0.1, 0.15) is 5.58 Å². The Bertz CT molecular complexity index is 3690. The predicted molar refractivity (Wildman–Crippen MR) is 235 cm³/mol. The first-order chi connectivity index (χ1) is 27.6. The van der Waals surface area contributed by atoms with Crippen LogP contribution in [-0.2, 0) is 5.41 Å². The van der Waals surface area contributed by atoms with Gasteiger partial charge in [0.25, 0.3) is 0 Å². The lowest BCUT2D eigenvalue weighted by atomic mass is 9.82. The predicted octanol–water partition coefficient (Wildman–Crippen LogP) is 14.1. The van der Waals surface area contributed by atoms with Crippen LogP contribution in [0, 0.1) is 0 Å². The molecule has 56 heavy (non-hydrogen) atoms. The van der Waals surface area contributed by atoms with Gasteiger partial charge in [-0.15, -0.1) is 11.3 Å². The molecule has 1 aliphatic rings. The fraction of sp³-hybridized carbons (Fsp3) is 0.0588. The third kappa shape index (κ3) is 3.78. The first-order valence-corrected chi connectivity index (χ1v) is 20.0. The third-order valence-electron chi connectivity index (χ3n) is 12.4. The van der Waals surface area contributed by atoms with E-state index in [4.69, 9.17) is 14.4 Å². The lowest BCUT2D eigenvalue weighted by Gasteiger charge is -2.21. The average molecular weight is 734 g/mol. The van der Waals surface area contributed by atoms with E-state index in [0.29, 0.717) is 11.7 Å². The SMILES string of the molecule is CC1(C)c2ccccc2-c2c(-c3nc(-n4c5ccc6ccccc6c5c5c6ccccc6c6c7ccccc7sc6c54)nc4oc5ccccc5c34)cccc21. The molecule has 0 saturated heterocycles. The summed E-state index contributed by atoms with van der Waals surface area (Å²) in [7, 11) is 0. The Morgan fingerprint density at radius 2 is 1.21 bits per heavy atom. The van der Waals surface area contributed by atoms with Crippen molar-refractivity contribution in [2.75, 3.05) is 0 Å². The molecule has 4 nitrogen and oxygen atoms in total. The molecule has 1 aliphatic carbocycles. The first kappa shape index (κ1) is 30.5. The maximum atomic E-state index is 6.72. The van der Waals surface area contributed by atoms with Crippen molar-refractivity contribution in [2.45, 2.75) is 19.3 Å². The highest BCUT2D eigenvalue weighted by molar-refractivity contribution is 7.27. The van der Waals surface area contributed by atoms with Gasteiger partial charge in [-0.05, 0) is 62.0 Å². The van der Waals surface area contributed by atoms with E-state index in [1.807, 2.05) is 23.5 Å². The van der Waals surface area contributed by atoms with Gasteiger partial charge in [0.15, 0.2) is 0 Å². The number of furan rings is 1. The molecule has 13 rings (SSSR count). The highest BCUT2D eigenvalue weighted by atomic mass is 32.1. The summed E-state index contributed by atoms with van der Waals surface area (Å²) >= 11 is 1.85. The standard InChI is InChI=1S/C51H31N3OS/c1-51(2)36-22-10-7-18-32(36)41-35(21-13-23-37(41)51)46-45-33-19-8-11-24-39(33)55-49(45)53-50(52-46)54-38-27-26-28-14-3-4-15-29(28)43(38)44-31-17-6-5-16-30(31)42-34-20-9-12-25-40(34)56-48(42)47(44)54/h3-27H,1-2H3. The molecule has 0 bridgehead atoms. The summed E-state index contributed by atoms with van der Waals surface area (Å²) in [6.07, 6.45) is 0. The molecular formula is C51H31N3OS. The molecule has 0 saturated carbocycles. The highest BCUT2D eigenvalue weighted by Crippen LogP contribution is 2.54. The summed E-state index contributed by atoms with van der Waals surface area (Å²) in [5.74, 6) is 0.596. The largest absolute Gasteiger partial charge is 0.437 e. The van der Waals surface area contributed by atoms with Crippen LogP contribution in [0.5, 0.6) is 0 Å². The van der Waals surface area contributed by atoms with Gasteiger partial charge in [-0.1, -0.05) is 147 Å². The van der Waals surface area contributed by atoms with E-state index in [1.54, 1.807) is 0 Å². The monoisotopic (exact) mass is 733 g/mol. The molecule has 0 aliphatic heterocycles. The van der Waals surface area contributed by atoms with Gasteiger partial charge in [-0.3, -0.25) is 4.57 Å². The third-order valence-corrected chi connectivity index (χ3v) is 13.6. The highest BCUT2D eigenvalue weighted by Gasteiger charge is 2.37. The van der Waals surface area contributed by atoms with Crippen LogP contribution in [-0.4, -0.2) is 14.5 Å². The van der Waals surface area contributed by atoms with Crippen molar-refractivity contribution >= 4 is 96.9 Å². The van der Waals surface area contributed by atoms with E-state index in [0.717, 1.165) is 38.6 Å². The van der Waals surface area contributed by atoms with Crippen molar-refractivity contribution in [2.24, 2.45) is 0 Å². The van der Waals surface area contributed by atoms with E-state index < -0.39 is 0 Å². The molecule has 0 atom stereocenters. The van der Waals surface area contributed by atoms with Crippen LogP contribution in [0.4, 0.5) is 0 Å². The van der Waals surface area contributed by atoms with Crippen LogP contribution < -0.4 is 0 Å². The van der Waals surface area contributed by atoms with E-state index >= 15 is 0 Å². The van der Waals surface area contributed by atoms with E-state index in [9.17, 15) is 0 Å². The van der Waals surface area contributed by atoms with Crippen molar-refractivity contribution < 1.29 is 4.42 Å². The number of benzene rings is 8. The van der Waals surface area contributed by atoms with Crippen molar-refractivity contribution in [3.63, 3.8) is 0 Å². The summed E-state index contributed by atoms with van der Waals surface area (Å²) in [4.78, 5) is 11.2. The lowest BCUT2D eigenvalue weighted by Crippen LogP contribution is -2.14. The molecule has 0 unspecified atom stereocenters. The summed E-state index contributed by atoms with van der Waals surface area (Å²) in [6, 6.07) is 54.8. The van der Waals surface area contributed by atoms with Gasteiger partial charge in [0, 0.05) is 42.6 Å². The van der Waals surface area contributed by atoms with Crippen molar-refractivity contribution in [1.29, 1.82) is 0 Å². The van der Waals surface area contributed by atoms with Gasteiger partial charge in [0.05, 0.1) is 26.8 Å². The fourth-order valence-electron chi connectivity index (χ4n) is 10.0. The molecular weight excluding hydrogens is 703 g/mol. The Morgan fingerprint density at radius 1 is 0.536 bits per heavy atom. The Morgan fingerprint density at radius 3 is 2.09 bits per heavy atom. The van der Waals surface area contributed by atoms with Crippen LogP contribution in [0.1, 0.15) is 25.0 Å². The molecule has 0 N–H and O–H groups in total. The summed E-state index contributed by atoms with van der Waals surface area (Å²) in [5.41, 5.74) is 10.5. The molecule has 0 radical (unpaired) electrons. The maximum Gasteiger partial charge on any atom is 0.238 e. The molecule has 8 aromatic carbocycles. The number of para-hydroxylation sites is 1. The smallest absolute Gasteiger partial charge is 0.238 e. The van der Waals surface area contributed by atoms with Gasteiger partial charge >= 0.3 is 0 Å². The molecule has 0 amide bonds. The molecule has 0 fully saturated rings. The second-order valence-corrected chi connectivity index (χ2v) is 16.7. The molecule has 262 valence electrons. The number of thiophene rings is 1. The zero-order valence-electron chi connectivity index (χ0n) is 30.6. The lowest BCUT2D eigenvalue weighted by molar-refractivity contribution is 0.651. The Labute approximate surface area is 324 Å². The average Bonchev–Trinajstić information content (AvgIpc) is 3.98. The number of fused-ring (bicyclic) bond motifs is 18. The minimum Gasteiger partial charge on any atom is -0.437 e. The Balaban J connectivity index is 1.26. The van der Waals surface area contributed by atoms with Crippen molar-refractivity contribution in [3.8, 4) is 28.3 Å². The summed E-state index contributed by atoms with van der Waals surface area (Å²) in [6.45, 7) is 4.66. The van der Waals surface area contributed by atoms with Crippen LogP contribution in [0.15, 0.2) is 156 Å². The topological polar surface area (TPSA) is 43.9 Å². The summed E-state index contributed by atoms with van der Waals surface area (Å²) in [5, 5.41) is 11.8. The molecule has 12 aromatic rings. The fourth-order valence-corrected chi connectivity index (χ4v) is 11.3. The number of rotatable bonds is 2. The normalized spacial score (nSPS) is 13.7. The van der Waals surface area contributed by atoms with Gasteiger partial charge in [-0.25, -0.2) is 4.98 Å². The van der Waals surface area contributed by atoms with Gasteiger partial charge in [0.2, 0.25) is 11.7 Å². The Hall–Kier alpha value is -6.82. The molecule has 5 heteroatoms. The molecule has 4 heterocycles. The molecule has 4 aromatic heterocycles. The van der Waals surface area contributed by atoms with Crippen molar-refractivity contribution in [3.05, 3.63) is 163 Å². The quantitative estimate of drug-likeness (QED) is 0.178. The van der Waals surface area contributed by atoms with Crippen LogP contribution in [0.2, 0.25) is 0 Å². The molecule has 0 spiro atoms. The van der Waals surface area contributed by atoms with E-state index in [2.05, 4.69) is 158 Å². The maximum absolute atomic E-state index is 6.72. The van der Waals surface area contributed by atoms with E-state index in [-0.39, 0.29) is 5.41 Å². The van der Waals surface area contributed by atoms with Crippen LogP contribution in [0.3, 0.4) is 0 Å². The first-order valence-electron chi connectivity index (χ1n) is 19.2. The summed E-state index contributed by atoms with van der Waals surface area (Å²) < 4.78 is 11.5. The van der Waals surface area contributed by atoms with Gasteiger partial charge < -0.3 is 4.42 Å². The second kappa shape index (κ2) is 10.7. The van der Waals surface area contributed by atoms with E-state index in [1.165, 1.54) is 74.7 Å². The number of hydrogen-bond acceptors (Lipinski definition) is 4. The van der Waals surface area contributed by atoms with Gasteiger partial charge in [-0.2, -0.15) is 4.98 Å². The van der Waals surface area contributed by atoms with Crippen LogP contribution in [0.25, 0.3) is 114 Å². The minimum absolute atomic E-state index is 0.156. The second-order valence-electron chi connectivity index (χ2n) is 15.6. The number of aromatic nitrogens is 3. The number of nitrogens with zero attached hydrogens (tertiary/aromatic N) is 3.